The number of nitrogens with zero attached hydrogens (tertiary/aromatic N) is 2. The fourth-order valence-corrected chi connectivity index (χ4v) is 3.46. The van der Waals surface area contributed by atoms with Gasteiger partial charge in [0.1, 0.15) is 5.76 Å². The smallest absolute Gasteiger partial charge is 0.321 e. The van der Waals surface area contributed by atoms with E-state index in [1.165, 1.54) is 0 Å². The zero-order chi connectivity index (χ0) is 19.9. The molecule has 0 spiro atoms. The Morgan fingerprint density at radius 1 is 1.21 bits per heavy atom. The minimum absolute atomic E-state index is 0.0179. The second-order valence-electron chi connectivity index (χ2n) is 7.32. The Morgan fingerprint density at radius 2 is 2.00 bits per heavy atom. The molecule has 150 valence electrons. The molecule has 7 heteroatoms. The van der Waals surface area contributed by atoms with Crippen molar-refractivity contribution >= 4 is 17.6 Å². The van der Waals surface area contributed by atoms with Crippen LogP contribution in [0.15, 0.2) is 53.1 Å². The van der Waals surface area contributed by atoms with Gasteiger partial charge in [0.25, 0.3) is 0 Å². The quantitative estimate of drug-likeness (QED) is 0.803. The van der Waals surface area contributed by atoms with E-state index in [4.69, 9.17) is 4.42 Å². The van der Waals surface area contributed by atoms with Crippen molar-refractivity contribution in [3.63, 3.8) is 0 Å². The number of para-hydroxylation sites is 1. The Morgan fingerprint density at radius 3 is 2.68 bits per heavy atom. The van der Waals surface area contributed by atoms with Gasteiger partial charge in [0.15, 0.2) is 0 Å². The molecule has 0 saturated carbocycles. The Kier molecular flexibility index (Phi) is 6.71. The molecule has 2 N–H and O–H groups in total. The van der Waals surface area contributed by atoms with Gasteiger partial charge < -0.3 is 20.0 Å². The third-order valence-electron chi connectivity index (χ3n) is 5.07. The van der Waals surface area contributed by atoms with Crippen LogP contribution in [0.4, 0.5) is 10.5 Å². The molecule has 1 aliphatic heterocycles. The number of likely N-dealkylation sites (N-methyl/N-ethyl adjacent to an activating group) is 1. The number of hydrogen-bond donors (Lipinski definition) is 2. The van der Waals surface area contributed by atoms with Crippen molar-refractivity contribution in [3.05, 3.63) is 54.5 Å². The van der Waals surface area contributed by atoms with Gasteiger partial charge in [-0.05, 0) is 51.2 Å². The normalized spacial score (nSPS) is 18.0. The zero-order valence-electron chi connectivity index (χ0n) is 16.4. The highest BCUT2D eigenvalue weighted by Gasteiger charge is 2.29. The Labute approximate surface area is 165 Å². The van der Waals surface area contributed by atoms with Gasteiger partial charge in [0.2, 0.25) is 5.91 Å². The second-order valence-corrected chi connectivity index (χ2v) is 7.32. The van der Waals surface area contributed by atoms with Gasteiger partial charge in [-0.25, -0.2) is 4.79 Å². The van der Waals surface area contributed by atoms with Crippen molar-refractivity contribution in [2.75, 3.05) is 39.0 Å². The molecule has 3 rings (SSSR count). The number of furan rings is 1. The molecule has 0 radical (unpaired) electrons. The lowest BCUT2D eigenvalue weighted by Crippen LogP contribution is -2.47. The number of benzene rings is 1. The predicted molar refractivity (Wildman–Crippen MR) is 108 cm³/mol. The Hall–Kier alpha value is -2.80. The zero-order valence-corrected chi connectivity index (χ0v) is 16.4. The number of rotatable bonds is 6. The largest absolute Gasteiger partial charge is 0.468 e. The lowest BCUT2D eigenvalue weighted by atomic mass is 9.97. The van der Waals surface area contributed by atoms with E-state index < -0.39 is 0 Å². The topological polar surface area (TPSA) is 77.8 Å². The maximum absolute atomic E-state index is 12.7. The first-order valence-electron chi connectivity index (χ1n) is 9.63. The van der Waals surface area contributed by atoms with Gasteiger partial charge in [-0.1, -0.05) is 18.2 Å². The third-order valence-corrected chi connectivity index (χ3v) is 5.07. The van der Waals surface area contributed by atoms with Crippen LogP contribution in [-0.2, 0) is 4.79 Å². The van der Waals surface area contributed by atoms with Gasteiger partial charge in [0.05, 0.1) is 18.2 Å². The highest BCUT2D eigenvalue weighted by atomic mass is 16.3. The van der Waals surface area contributed by atoms with Crippen LogP contribution in [0.2, 0.25) is 0 Å². The molecule has 2 unspecified atom stereocenters. The molecule has 1 saturated heterocycles. The maximum Gasteiger partial charge on any atom is 0.321 e. The minimum atomic E-state index is -0.199. The van der Waals surface area contributed by atoms with Gasteiger partial charge in [-0.2, -0.15) is 0 Å². The SMILES string of the molecule is CN(C)C(CNC(=O)C1CCCN(C(=O)Nc2ccccc2)C1)c1ccco1. The highest BCUT2D eigenvalue weighted by Crippen LogP contribution is 2.20. The summed E-state index contributed by atoms with van der Waals surface area (Å²) in [5, 5.41) is 5.92. The first-order valence-corrected chi connectivity index (χ1v) is 9.63. The van der Waals surface area contributed by atoms with Crippen molar-refractivity contribution in [1.29, 1.82) is 0 Å². The summed E-state index contributed by atoms with van der Waals surface area (Å²) >= 11 is 0. The monoisotopic (exact) mass is 384 g/mol. The molecule has 1 aliphatic rings. The van der Waals surface area contributed by atoms with Crippen molar-refractivity contribution in [2.24, 2.45) is 5.92 Å². The molecule has 1 aromatic carbocycles. The summed E-state index contributed by atoms with van der Waals surface area (Å²) in [4.78, 5) is 28.9. The summed E-state index contributed by atoms with van der Waals surface area (Å²) in [5.41, 5.74) is 0.756. The first-order chi connectivity index (χ1) is 13.5. The van der Waals surface area contributed by atoms with Gasteiger partial charge in [-0.3, -0.25) is 9.69 Å². The molecule has 2 aromatic rings. The average Bonchev–Trinajstić information content (AvgIpc) is 3.23. The van der Waals surface area contributed by atoms with Crippen LogP contribution < -0.4 is 10.6 Å². The molecular formula is C21H28N4O3. The fraction of sp³-hybridized carbons (Fsp3) is 0.429. The molecule has 7 nitrogen and oxygen atoms in total. The van der Waals surface area contributed by atoms with E-state index >= 15 is 0 Å². The first kappa shape index (κ1) is 19.9. The van der Waals surface area contributed by atoms with Crippen LogP contribution in [0, 0.1) is 5.92 Å². The summed E-state index contributed by atoms with van der Waals surface area (Å²) in [6.45, 7) is 1.55. The molecule has 1 aromatic heterocycles. The molecular weight excluding hydrogens is 356 g/mol. The number of piperidine rings is 1. The predicted octanol–water partition coefficient (Wildman–Crippen LogP) is 2.94. The van der Waals surface area contributed by atoms with Crippen LogP contribution in [0.5, 0.6) is 0 Å². The summed E-state index contributed by atoms with van der Waals surface area (Å²) in [5.74, 6) is 0.600. The van der Waals surface area contributed by atoms with Crippen LogP contribution in [0.3, 0.4) is 0 Å². The number of amides is 3. The maximum atomic E-state index is 12.7. The number of urea groups is 1. The lowest BCUT2D eigenvalue weighted by molar-refractivity contribution is -0.126. The second kappa shape index (κ2) is 9.41. The molecule has 2 atom stereocenters. The van der Waals surface area contributed by atoms with Crippen LogP contribution in [0.25, 0.3) is 0 Å². The fourth-order valence-electron chi connectivity index (χ4n) is 3.46. The van der Waals surface area contributed by atoms with Crippen molar-refractivity contribution in [1.82, 2.24) is 15.1 Å². The van der Waals surface area contributed by atoms with E-state index in [0.717, 1.165) is 24.3 Å². The molecule has 1 fully saturated rings. The summed E-state index contributed by atoms with van der Waals surface area (Å²) < 4.78 is 5.49. The van der Waals surface area contributed by atoms with E-state index in [2.05, 4.69) is 10.6 Å². The molecule has 28 heavy (non-hydrogen) atoms. The third kappa shape index (κ3) is 5.13. The molecule has 2 heterocycles. The summed E-state index contributed by atoms with van der Waals surface area (Å²) in [6, 6.07) is 12.9. The van der Waals surface area contributed by atoms with Crippen molar-refractivity contribution < 1.29 is 14.0 Å². The van der Waals surface area contributed by atoms with E-state index in [1.54, 1.807) is 11.2 Å². The van der Waals surface area contributed by atoms with Crippen molar-refractivity contribution in [2.45, 2.75) is 18.9 Å². The van der Waals surface area contributed by atoms with E-state index in [1.807, 2.05) is 61.5 Å². The Balaban J connectivity index is 1.53. The molecule has 3 amide bonds. The number of anilines is 1. The van der Waals surface area contributed by atoms with Crippen molar-refractivity contribution in [3.8, 4) is 0 Å². The number of carbonyl (C=O) groups excluding carboxylic acids is 2. The van der Waals surface area contributed by atoms with E-state index in [-0.39, 0.29) is 23.9 Å². The number of hydrogen-bond acceptors (Lipinski definition) is 4. The van der Waals surface area contributed by atoms with Gasteiger partial charge in [-0.15, -0.1) is 0 Å². The number of carbonyl (C=O) groups is 2. The van der Waals surface area contributed by atoms with Crippen LogP contribution in [0.1, 0.15) is 24.6 Å². The van der Waals surface area contributed by atoms with E-state index in [0.29, 0.717) is 19.6 Å². The minimum Gasteiger partial charge on any atom is -0.468 e. The van der Waals surface area contributed by atoms with Gasteiger partial charge in [0, 0.05) is 25.3 Å². The average molecular weight is 384 g/mol. The highest BCUT2D eigenvalue weighted by molar-refractivity contribution is 5.90. The lowest BCUT2D eigenvalue weighted by Gasteiger charge is -2.32. The number of likely N-dealkylation sites (tertiary alicyclic amines) is 1. The van der Waals surface area contributed by atoms with Gasteiger partial charge >= 0.3 is 6.03 Å². The van der Waals surface area contributed by atoms with E-state index in [9.17, 15) is 9.59 Å². The standard InChI is InChI=1S/C21H28N4O3/c1-24(2)18(19-11-7-13-28-19)14-22-20(26)16-8-6-12-25(15-16)21(27)23-17-9-4-3-5-10-17/h3-5,7,9-11,13,16,18H,6,8,12,14-15H2,1-2H3,(H,22,26)(H,23,27). The summed E-state index contributed by atoms with van der Waals surface area (Å²) in [7, 11) is 3.91. The Bertz CT molecular complexity index is 761. The van der Waals surface area contributed by atoms with Crippen LogP contribution >= 0.6 is 0 Å². The summed E-state index contributed by atoms with van der Waals surface area (Å²) in [6.07, 6.45) is 3.24. The molecule has 0 bridgehead atoms. The number of nitrogens with one attached hydrogen (secondary N) is 2. The van der Waals surface area contributed by atoms with Crippen LogP contribution in [-0.4, -0.2) is 55.5 Å². The molecule has 0 aliphatic carbocycles.